The third-order valence-corrected chi connectivity index (χ3v) is 6.36. The number of nitrogens with one attached hydrogen (secondary N) is 2. The number of nitrogens with zero attached hydrogens (tertiary/aromatic N) is 2. The summed E-state index contributed by atoms with van der Waals surface area (Å²) in [6.07, 6.45) is 3.61. The molecule has 2 heterocycles. The molecule has 0 saturated carbocycles. The van der Waals surface area contributed by atoms with Crippen LogP contribution in [0, 0.1) is 0 Å². The van der Waals surface area contributed by atoms with Crippen LogP contribution in [0.3, 0.4) is 0 Å². The highest BCUT2D eigenvalue weighted by Crippen LogP contribution is 2.28. The normalized spacial score (nSPS) is 11.1. The van der Waals surface area contributed by atoms with E-state index in [1.807, 2.05) is 42.6 Å². The van der Waals surface area contributed by atoms with E-state index in [1.54, 1.807) is 22.8 Å². The zero-order chi connectivity index (χ0) is 22.5. The molecule has 1 amide bonds. The van der Waals surface area contributed by atoms with Gasteiger partial charge in [0, 0.05) is 18.3 Å². The van der Waals surface area contributed by atoms with E-state index in [1.165, 1.54) is 11.8 Å². The van der Waals surface area contributed by atoms with Gasteiger partial charge in [0.2, 0.25) is 5.91 Å². The van der Waals surface area contributed by atoms with Gasteiger partial charge in [-0.2, -0.15) is 0 Å². The molecule has 32 heavy (non-hydrogen) atoms. The lowest BCUT2D eigenvalue weighted by Crippen LogP contribution is -2.24. The van der Waals surface area contributed by atoms with Crippen LogP contribution in [0.5, 0.6) is 0 Å². The zero-order valence-corrected chi connectivity index (χ0v) is 19.2. The van der Waals surface area contributed by atoms with Gasteiger partial charge in [-0.3, -0.25) is 14.2 Å². The molecule has 0 radical (unpaired) electrons. The number of H-pyrrole nitrogens is 1. The number of rotatable bonds is 8. The number of thioether (sulfide) groups is 1. The molecule has 4 rings (SSSR count). The molecular weight excluding hydrogens is 444 g/mol. The number of fused-ring (bicyclic) bond motifs is 1. The molecule has 0 fully saturated rings. The predicted molar refractivity (Wildman–Crippen MR) is 132 cm³/mol. The number of amides is 1. The van der Waals surface area contributed by atoms with Crippen LogP contribution < -0.4 is 10.9 Å². The van der Waals surface area contributed by atoms with Crippen molar-refractivity contribution in [1.82, 2.24) is 14.5 Å². The quantitative estimate of drug-likeness (QED) is 0.262. The van der Waals surface area contributed by atoms with Gasteiger partial charge in [0.05, 0.1) is 16.5 Å². The molecule has 0 aliphatic carbocycles. The standard InChI is InChI=1S/C24H23ClN4O2S/c1-2-3-13-29-23(31)22-21(17(14-26-22)16-9-5-4-6-10-16)28-24(29)32-15-20(30)27-19-12-8-7-11-18(19)25/h4-12,14,26H,2-3,13,15H2,1H3,(H,27,30). The highest BCUT2D eigenvalue weighted by molar-refractivity contribution is 7.99. The lowest BCUT2D eigenvalue weighted by molar-refractivity contribution is -0.113. The molecule has 0 spiro atoms. The van der Waals surface area contributed by atoms with Crippen LogP contribution in [-0.4, -0.2) is 26.2 Å². The Morgan fingerprint density at radius 1 is 1.16 bits per heavy atom. The van der Waals surface area contributed by atoms with Crippen molar-refractivity contribution >= 4 is 46.0 Å². The third kappa shape index (κ3) is 4.74. The van der Waals surface area contributed by atoms with Crippen LogP contribution in [-0.2, 0) is 11.3 Å². The molecule has 2 aromatic carbocycles. The van der Waals surface area contributed by atoms with Crippen molar-refractivity contribution in [3.05, 3.63) is 76.2 Å². The van der Waals surface area contributed by atoms with Gasteiger partial charge in [0.25, 0.3) is 5.56 Å². The fourth-order valence-electron chi connectivity index (χ4n) is 3.41. The Morgan fingerprint density at radius 3 is 2.66 bits per heavy atom. The van der Waals surface area contributed by atoms with E-state index < -0.39 is 0 Å². The zero-order valence-electron chi connectivity index (χ0n) is 17.6. The number of carbonyl (C=O) groups is 1. The van der Waals surface area contributed by atoms with E-state index >= 15 is 0 Å². The molecule has 6 nitrogen and oxygen atoms in total. The molecule has 0 unspecified atom stereocenters. The average molecular weight is 467 g/mol. The average Bonchev–Trinajstić information content (AvgIpc) is 3.23. The minimum atomic E-state index is -0.211. The summed E-state index contributed by atoms with van der Waals surface area (Å²) in [7, 11) is 0. The number of unbranched alkanes of at least 4 members (excludes halogenated alkanes) is 1. The number of para-hydroxylation sites is 1. The van der Waals surface area contributed by atoms with Crippen molar-refractivity contribution in [3.63, 3.8) is 0 Å². The van der Waals surface area contributed by atoms with Gasteiger partial charge in [-0.1, -0.05) is 79.2 Å². The first kappa shape index (κ1) is 22.2. The number of anilines is 1. The van der Waals surface area contributed by atoms with Crippen LogP contribution in [0.15, 0.2) is 70.7 Å². The maximum Gasteiger partial charge on any atom is 0.278 e. The first-order valence-electron chi connectivity index (χ1n) is 10.4. The molecule has 4 aromatic rings. The summed E-state index contributed by atoms with van der Waals surface area (Å²) in [5, 5.41) is 3.82. The van der Waals surface area contributed by atoms with E-state index in [-0.39, 0.29) is 17.2 Å². The first-order chi connectivity index (χ1) is 15.6. The molecular formula is C24H23ClN4O2S. The highest BCUT2D eigenvalue weighted by atomic mass is 35.5. The van der Waals surface area contributed by atoms with E-state index in [0.717, 1.165) is 24.0 Å². The van der Waals surface area contributed by atoms with Crippen LogP contribution in [0.25, 0.3) is 22.2 Å². The lowest BCUT2D eigenvalue weighted by Gasteiger charge is -2.12. The number of hydrogen-bond donors (Lipinski definition) is 2. The molecule has 0 aliphatic heterocycles. The van der Waals surface area contributed by atoms with E-state index in [2.05, 4.69) is 17.2 Å². The topological polar surface area (TPSA) is 79.8 Å². The largest absolute Gasteiger partial charge is 0.355 e. The summed E-state index contributed by atoms with van der Waals surface area (Å²) >= 11 is 7.38. The molecule has 0 bridgehead atoms. The van der Waals surface area contributed by atoms with Crippen LogP contribution in [0.1, 0.15) is 19.8 Å². The van der Waals surface area contributed by atoms with Gasteiger partial charge in [-0.15, -0.1) is 0 Å². The maximum absolute atomic E-state index is 13.2. The van der Waals surface area contributed by atoms with Gasteiger partial charge in [-0.05, 0) is 24.1 Å². The van der Waals surface area contributed by atoms with E-state index in [4.69, 9.17) is 16.6 Å². The van der Waals surface area contributed by atoms with Crippen molar-refractivity contribution in [2.45, 2.75) is 31.5 Å². The second-order valence-corrected chi connectivity index (χ2v) is 8.66. The fourth-order valence-corrected chi connectivity index (χ4v) is 4.41. The SMILES string of the molecule is CCCCn1c(SCC(=O)Nc2ccccc2Cl)nc2c(-c3ccccc3)c[nH]c2c1=O. The Hall–Kier alpha value is -3.03. The molecule has 0 atom stereocenters. The molecule has 2 N–H and O–H groups in total. The van der Waals surface area contributed by atoms with Crippen molar-refractivity contribution in [3.8, 4) is 11.1 Å². The second kappa shape index (κ2) is 10.1. The van der Waals surface area contributed by atoms with Gasteiger partial charge >= 0.3 is 0 Å². The Bertz CT molecular complexity index is 1300. The Kier molecular flexibility index (Phi) is 6.97. The molecule has 2 aromatic heterocycles. The minimum Gasteiger partial charge on any atom is -0.355 e. The summed E-state index contributed by atoms with van der Waals surface area (Å²) < 4.78 is 1.66. The highest BCUT2D eigenvalue weighted by Gasteiger charge is 2.17. The van der Waals surface area contributed by atoms with E-state index in [0.29, 0.717) is 33.4 Å². The van der Waals surface area contributed by atoms with Crippen LogP contribution in [0.2, 0.25) is 5.02 Å². The molecule has 164 valence electrons. The summed E-state index contributed by atoms with van der Waals surface area (Å²) in [5.74, 6) is -0.0998. The number of benzene rings is 2. The first-order valence-corrected chi connectivity index (χ1v) is 11.8. The van der Waals surface area contributed by atoms with Gasteiger partial charge in [-0.25, -0.2) is 4.98 Å². The van der Waals surface area contributed by atoms with Crippen molar-refractivity contribution < 1.29 is 4.79 Å². The summed E-state index contributed by atoms with van der Waals surface area (Å²) in [6, 6.07) is 16.9. The smallest absolute Gasteiger partial charge is 0.278 e. The predicted octanol–water partition coefficient (Wildman–Crippen LogP) is 5.58. The van der Waals surface area contributed by atoms with Crippen LogP contribution in [0.4, 0.5) is 5.69 Å². The number of carbonyl (C=O) groups excluding carboxylic acids is 1. The monoisotopic (exact) mass is 466 g/mol. The Morgan fingerprint density at radius 2 is 1.91 bits per heavy atom. The number of halogens is 1. The second-order valence-electron chi connectivity index (χ2n) is 7.31. The van der Waals surface area contributed by atoms with Crippen molar-refractivity contribution in [2.24, 2.45) is 0 Å². The number of aromatic amines is 1. The molecule has 8 heteroatoms. The fraction of sp³-hybridized carbons (Fsp3) is 0.208. The van der Waals surface area contributed by atoms with Crippen molar-refractivity contribution in [1.29, 1.82) is 0 Å². The number of aromatic nitrogens is 3. The Labute approximate surface area is 195 Å². The molecule has 0 aliphatic rings. The maximum atomic E-state index is 13.2. The third-order valence-electron chi connectivity index (χ3n) is 5.05. The van der Waals surface area contributed by atoms with Crippen molar-refractivity contribution in [2.75, 3.05) is 11.1 Å². The summed E-state index contributed by atoms with van der Waals surface area (Å²) in [4.78, 5) is 33.7. The van der Waals surface area contributed by atoms with Crippen LogP contribution >= 0.6 is 23.4 Å². The summed E-state index contributed by atoms with van der Waals surface area (Å²) in [5.41, 5.74) is 3.36. The minimum absolute atomic E-state index is 0.111. The number of hydrogen-bond acceptors (Lipinski definition) is 4. The van der Waals surface area contributed by atoms with Gasteiger partial charge in [0.1, 0.15) is 11.0 Å². The lowest BCUT2D eigenvalue weighted by atomic mass is 10.1. The molecule has 0 saturated heterocycles. The summed E-state index contributed by atoms with van der Waals surface area (Å²) in [6.45, 7) is 2.62. The Balaban J connectivity index is 1.66. The van der Waals surface area contributed by atoms with Gasteiger partial charge < -0.3 is 10.3 Å². The van der Waals surface area contributed by atoms with Gasteiger partial charge in [0.15, 0.2) is 5.16 Å². The van der Waals surface area contributed by atoms with E-state index in [9.17, 15) is 9.59 Å².